The maximum atomic E-state index is 12.9. The van der Waals surface area contributed by atoms with Crippen molar-refractivity contribution < 1.29 is 38.5 Å². The third-order valence-corrected chi connectivity index (χ3v) is 4.52. The Morgan fingerprint density at radius 1 is 1.00 bits per heavy atom. The van der Waals surface area contributed by atoms with Crippen LogP contribution >= 0.6 is 0 Å². The molecular weight excluding hydrogens is 384 g/mol. The van der Waals surface area contributed by atoms with Crippen LogP contribution in [0.15, 0.2) is 18.2 Å². The van der Waals surface area contributed by atoms with Gasteiger partial charge in [0.2, 0.25) is 11.8 Å². The molecule has 10 heteroatoms. The van der Waals surface area contributed by atoms with Crippen molar-refractivity contribution in [2.24, 2.45) is 0 Å². The van der Waals surface area contributed by atoms with Gasteiger partial charge < -0.3 is 19.3 Å². The predicted molar refractivity (Wildman–Crippen MR) is 97.3 cm³/mol. The average molecular weight is 406 g/mol. The summed E-state index contributed by atoms with van der Waals surface area (Å²) in [6, 6.07) is 3.65. The monoisotopic (exact) mass is 406 g/mol. The van der Waals surface area contributed by atoms with Gasteiger partial charge in [0.15, 0.2) is 0 Å². The third-order valence-electron chi connectivity index (χ3n) is 4.52. The summed E-state index contributed by atoms with van der Waals surface area (Å²) in [6.45, 7) is 1.26. The zero-order chi connectivity index (χ0) is 20.8. The lowest BCUT2D eigenvalue weighted by Crippen LogP contribution is -2.54. The molecule has 10 nitrogen and oxygen atoms in total. The number of nitrogens with one attached hydrogen (secondary N) is 1. The van der Waals surface area contributed by atoms with E-state index in [9.17, 15) is 19.2 Å². The van der Waals surface area contributed by atoms with Crippen LogP contribution in [0.1, 0.15) is 33.6 Å². The Morgan fingerprint density at radius 2 is 1.72 bits per heavy atom. The highest BCUT2D eigenvalue weighted by atomic mass is 16.5. The molecule has 0 radical (unpaired) electrons. The molecule has 0 aromatic heterocycles. The van der Waals surface area contributed by atoms with Gasteiger partial charge in [0, 0.05) is 6.42 Å². The fourth-order valence-corrected chi connectivity index (χ4v) is 3.20. The molecule has 1 unspecified atom stereocenters. The summed E-state index contributed by atoms with van der Waals surface area (Å²) in [6.07, 6.45) is 0.158. The Hall–Kier alpha value is -2.82. The highest BCUT2D eigenvalue weighted by Crippen LogP contribution is 2.33. The molecule has 2 aliphatic rings. The van der Waals surface area contributed by atoms with Gasteiger partial charge in [0.05, 0.1) is 44.2 Å². The van der Waals surface area contributed by atoms with Crippen LogP contribution in [0.2, 0.25) is 0 Å². The zero-order valence-corrected chi connectivity index (χ0v) is 15.7. The molecule has 1 aromatic rings. The van der Waals surface area contributed by atoms with Gasteiger partial charge in [-0.05, 0) is 18.6 Å². The lowest BCUT2D eigenvalue weighted by Gasteiger charge is -2.27. The van der Waals surface area contributed by atoms with E-state index in [1.807, 2.05) is 0 Å². The molecule has 0 saturated carbocycles. The van der Waals surface area contributed by atoms with Crippen LogP contribution in [0.3, 0.4) is 0 Å². The molecule has 1 saturated heterocycles. The van der Waals surface area contributed by atoms with Crippen molar-refractivity contribution in [2.45, 2.75) is 18.9 Å². The average Bonchev–Trinajstić information content (AvgIpc) is 2.95. The molecule has 0 bridgehead atoms. The van der Waals surface area contributed by atoms with E-state index in [2.05, 4.69) is 5.32 Å². The summed E-state index contributed by atoms with van der Waals surface area (Å²) in [4.78, 5) is 49.9. The van der Waals surface area contributed by atoms with E-state index in [0.717, 1.165) is 4.90 Å². The minimum atomic E-state index is -1.02. The van der Waals surface area contributed by atoms with Crippen molar-refractivity contribution in [1.29, 1.82) is 0 Å². The summed E-state index contributed by atoms with van der Waals surface area (Å²) < 4.78 is 16.0. The van der Waals surface area contributed by atoms with Crippen molar-refractivity contribution >= 4 is 23.6 Å². The number of amides is 4. The third kappa shape index (κ3) is 4.61. The molecular formula is C19H22N2O8. The Balaban J connectivity index is 1.61. The number of aliphatic hydroxyl groups is 1. The quantitative estimate of drug-likeness (QED) is 0.392. The van der Waals surface area contributed by atoms with Gasteiger partial charge in [0.25, 0.3) is 11.8 Å². The number of carbonyl (C=O) groups is 4. The minimum Gasteiger partial charge on any atom is -0.490 e. The number of fused-ring (bicyclic) bond motifs is 1. The van der Waals surface area contributed by atoms with Crippen LogP contribution < -0.4 is 10.1 Å². The lowest BCUT2D eigenvalue weighted by molar-refractivity contribution is -0.136. The normalized spacial score (nSPS) is 18.8. The fourth-order valence-electron chi connectivity index (χ4n) is 3.20. The van der Waals surface area contributed by atoms with Gasteiger partial charge in [-0.1, -0.05) is 6.07 Å². The van der Waals surface area contributed by atoms with Gasteiger partial charge in [-0.2, -0.15) is 0 Å². The second-order valence-electron chi connectivity index (χ2n) is 6.42. The van der Waals surface area contributed by atoms with Crippen molar-refractivity contribution in [3.63, 3.8) is 0 Å². The smallest absolute Gasteiger partial charge is 0.266 e. The molecule has 29 heavy (non-hydrogen) atoms. The molecule has 2 heterocycles. The van der Waals surface area contributed by atoms with E-state index >= 15 is 0 Å². The van der Waals surface area contributed by atoms with Crippen LogP contribution in [-0.2, 0) is 19.1 Å². The first-order valence-corrected chi connectivity index (χ1v) is 9.28. The number of rotatable bonds is 10. The van der Waals surface area contributed by atoms with Crippen molar-refractivity contribution in [3.05, 3.63) is 29.3 Å². The molecule has 1 aromatic carbocycles. The minimum absolute atomic E-state index is 0.0508. The van der Waals surface area contributed by atoms with Crippen molar-refractivity contribution in [3.8, 4) is 5.75 Å². The highest BCUT2D eigenvalue weighted by molar-refractivity contribution is 6.24. The Bertz CT molecular complexity index is 809. The van der Waals surface area contributed by atoms with E-state index in [0.29, 0.717) is 13.2 Å². The first-order valence-electron chi connectivity index (χ1n) is 9.28. The van der Waals surface area contributed by atoms with Crippen LogP contribution in [-0.4, -0.2) is 79.3 Å². The molecule has 1 fully saturated rings. The maximum Gasteiger partial charge on any atom is 0.266 e. The summed E-state index contributed by atoms with van der Waals surface area (Å²) in [7, 11) is 0. The Labute approximate surface area is 166 Å². The molecule has 4 amide bonds. The molecule has 0 spiro atoms. The summed E-state index contributed by atoms with van der Waals surface area (Å²) in [5.74, 6) is -2.05. The van der Waals surface area contributed by atoms with E-state index < -0.39 is 29.7 Å². The zero-order valence-electron chi connectivity index (χ0n) is 15.7. The van der Waals surface area contributed by atoms with E-state index in [-0.39, 0.29) is 56.1 Å². The van der Waals surface area contributed by atoms with Gasteiger partial charge in [-0.3, -0.25) is 29.4 Å². The maximum absolute atomic E-state index is 12.9. The number of ether oxygens (including phenoxy) is 3. The molecule has 2 N–H and O–H groups in total. The van der Waals surface area contributed by atoms with E-state index in [4.69, 9.17) is 19.3 Å². The van der Waals surface area contributed by atoms with E-state index in [1.54, 1.807) is 12.1 Å². The first kappa shape index (κ1) is 20.9. The van der Waals surface area contributed by atoms with Gasteiger partial charge in [0.1, 0.15) is 18.4 Å². The number of hydrogen-bond acceptors (Lipinski definition) is 8. The van der Waals surface area contributed by atoms with Crippen LogP contribution in [0.4, 0.5) is 0 Å². The van der Waals surface area contributed by atoms with Crippen LogP contribution in [0.25, 0.3) is 0 Å². The van der Waals surface area contributed by atoms with E-state index in [1.165, 1.54) is 6.07 Å². The Kier molecular flexibility index (Phi) is 6.91. The summed E-state index contributed by atoms with van der Waals surface area (Å²) in [5.41, 5.74) is 0.268. The number of hydrogen-bond donors (Lipinski definition) is 2. The first-order chi connectivity index (χ1) is 14.0. The summed E-state index contributed by atoms with van der Waals surface area (Å²) in [5, 5.41) is 10.8. The fraction of sp³-hybridized carbons (Fsp3) is 0.474. The number of aliphatic hydroxyl groups excluding tert-OH is 1. The SMILES string of the molecule is O=C1CCC(N2C(=O)c3cccc(OCCOCCOCCO)c3C2=O)C(=O)N1. The molecule has 1 atom stereocenters. The second kappa shape index (κ2) is 9.59. The number of nitrogens with zero attached hydrogens (tertiary/aromatic N) is 1. The number of imide groups is 2. The topological polar surface area (TPSA) is 131 Å². The number of piperidine rings is 1. The van der Waals surface area contributed by atoms with Crippen LogP contribution in [0.5, 0.6) is 5.75 Å². The molecule has 0 aliphatic carbocycles. The molecule has 156 valence electrons. The van der Waals surface area contributed by atoms with Gasteiger partial charge in [-0.15, -0.1) is 0 Å². The highest BCUT2D eigenvalue weighted by Gasteiger charge is 2.45. The lowest BCUT2D eigenvalue weighted by atomic mass is 10.0. The molecule has 3 rings (SSSR count). The van der Waals surface area contributed by atoms with Gasteiger partial charge >= 0.3 is 0 Å². The van der Waals surface area contributed by atoms with Crippen molar-refractivity contribution in [2.75, 3.05) is 39.6 Å². The van der Waals surface area contributed by atoms with Crippen molar-refractivity contribution in [1.82, 2.24) is 10.2 Å². The second-order valence-corrected chi connectivity index (χ2v) is 6.42. The number of carbonyl (C=O) groups excluding carboxylic acids is 4. The standard InChI is InChI=1S/C19H22N2O8/c22-6-7-27-8-9-28-10-11-29-14-3-1-2-12-16(14)19(26)21(18(12)25)13-4-5-15(23)20-17(13)24/h1-3,13,22H,4-11H2,(H,20,23,24). The Morgan fingerprint density at radius 3 is 2.45 bits per heavy atom. The largest absolute Gasteiger partial charge is 0.490 e. The van der Waals surface area contributed by atoms with Crippen LogP contribution in [0, 0.1) is 0 Å². The molecule has 2 aliphatic heterocycles. The predicted octanol–water partition coefficient (Wildman–Crippen LogP) is -0.508. The summed E-state index contributed by atoms with van der Waals surface area (Å²) >= 11 is 0. The van der Waals surface area contributed by atoms with Gasteiger partial charge in [-0.25, -0.2) is 0 Å². The number of benzene rings is 1.